The molecule has 1 heterocycles. The lowest BCUT2D eigenvalue weighted by molar-refractivity contribution is 0.607. The van der Waals surface area contributed by atoms with Crippen LogP contribution in [0.25, 0.3) is 11.0 Å². The minimum absolute atomic E-state index is 0.799. The standard InChI is InChI=1S/C15H19N3/c1-3-5-8-11-16-12-15-17-13-9-6-7-10-14(13)18(15)4-2/h1,6-7,9-10,16H,4-5,8,11-12H2,2H3. The Morgan fingerprint density at radius 2 is 2.22 bits per heavy atom. The summed E-state index contributed by atoms with van der Waals surface area (Å²) in [5.41, 5.74) is 2.28. The Kier molecular flexibility index (Phi) is 4.38. The summed E-state index contributed by atoms with van der Waals surface area (Å²) in [6.45, 7) is 4.84. The second-order valence-corrected chi connectivity index (χ2v) is 4.25. The van der Waals surface area contributed by atoms with E-state index in [0.717, 1.165) is 43.8 Å². The van der Waals surface area contributed by atoms with Crippen LogP contribution in [0.1, 0.15) is 25.6 Å². The van der Waals surface area contributed by atoms with Gasteiger partial charge in [0.15, 0.2) is 0 Å². The summed E-state index contributed by atoms with van der Waals surface area (Å²) in [6.07, 6.45) is 7.07. The lowest BCUT2D eigenvalue weighted by atomic mass is 10.3. The lowest BCUT2D eigenvalue weighted by Crippen LogP contribution is -2.18. The van der Waals surface area contributed by atoms with Gasteiger partial charge in [0.1, 0.15) is 5.82 Å². The van der Waals surface area contributed by atoms with E-state index in [1.54, 1.807) is 0 Å². The summed E-state index contributed by atoms with van der Waals surface area (Å²) >= 11 is 0. The van der Waals surface area contributed by atoms with Crippen molar-refractivity contribution >= 4 is 11.0 Å². The van der Waals surface area contributed by atoms with E-state index in [0.29, 0.717) is 0 Å². The van der Waals surface area contributed by atoms with Crippen molar-refractivity contribution in [3.63, 3.8) is 0 Å². The lowest BCUT2D eigenvalue weighted by Gasteiger charge is -2.06. The second kappa shape index (κ2) is 6.23. The predicted octanol–water partition coefficient (Wildman–Crippen LogP) is 2.56. The summed E-state index contributed by atoms with van der Waals surface area (Å²) in [5.74, 6) is 3.75. The zero-order valence-corrected chi connectivity index (χ0v) is 10.8. The highest BCUT2D eigenvalue weighted by Crippen LogP contribution is 2.15. The van der Waals surface area contributed by atoms with Gasteiger partial charge >= 0.3 is 0 Å². The van der Waals surface area contributed by atoms with Gasteiger partial charge < -0.3 is 9.88 Å². The van der Waals surface area contributed by atoms with Crippen molar-refractivity contribution in [2.45, 2.75) is 32.9 Å². The number of rotatable bonds is 6. The molecule has 0 amide bonds. The molecule has 0 atom stereocenters. The fraction of sp³-hybridized carbons (Fsp3) is 0.400. The molecule has 0 radical (unpaired) electrons. The molecule has 0 aliphatic heterocycles. The molecule has 0 saturated carbocycles. The molecular weight excluding hydrogens is 222 g/mol. The molecule has 18 heavy (non-hydrogen) atoms. The monoisotopic (exact) mass is 241 g/mol. The first-order valence-electron chi connectivity index (χ1n) is 6.45. The minimum Gasteiger partial charge on any atom is -0.327 e. The molecular formula is C15H19N3. The highest BCUT2D eigenvalue weighted by Gasteiger charge is 2.07. The molecule has 0 aliphatic carbocycles. The van der Waals surface area contributed by atoms with Crippen LogP contribution in [0.5, 0.6) is 0 Å². The van der Waals surface area contributed by atoms with E-state index in [1.807, 2.05) is 6.07 Å². The maximum atomic E-state index is 5.22. The van der Waals surface area contributed by atoms with Gasteiger partial charge in [-0.2, -0.15) is 0 Å². The third kappa shape index (κ3) is 2.72. The van der Waals surface area contributed by atoms with Gasteiger partial charge in [-0.1, -0.05) is 12.1 Å². The number of unbranched alkanes of at least 4 members (excludes halogenated alkanes) is 1. The highest BCUT2D eigenvalue weighted by molar-refractivity contribution is 5.75. The first-order chi connectivity index (χ1) is 8.86. The van der Waals surface area contributed by atoms with Crippen molar-refractivity contribution < 1.29 is 0 Å². The van der Waals surface area contributed by atoms with Crippen LogP contribution in [0, 0.1) is 12.3 Å². The maximum absolute atomic E-state index is 5.22. The van der Waals surface area contributed by atoms with Gasteiger partial charge in [0.05, 0.1) is 17.6 Å². The smallest absolute Gasteiger partial charge is 0.123 e. The molecule has 0 unspecified atom stereocenters. The summed E-state index contributed by atoms with van der Waals surface area (Å²) in [4.78, 5) is 4.66. The molecule has 2 rings (SSSR count). The SMILES string of the molecule is C#CCCCNCc1nc2ccccc2n1CC. The number of benzene rings is 1. The molecule has 0 bridgehead atoms. The van der Waals surface area contributed by atoms with E-state index >= 15 is 0 Å². The van der Waals surface area contributed by atoms with Gasteiger partial charge in [-0.05, 0) is 32.0 Å². The van der Waals surface area contributed by atoms with Crippen molar-refractivity contribution in [1.29, 1.82) is 0 Å². The average Bonchev–Trinajstić information content (AvgIpc) is 2.76. The van der Waals surface area contributed by atoms with Crippen LogP contribution in [0.4, 0.5) is 0 Å². The number of nitrogens with zero attached hydrogens (tertiary/aromatic N) is 2. The van der Waals surface area contributed by atoms with Crippen LogP contribution in [0.15, 0.2) is 24.3 Å². The van der Waals surface area contributed by atoms with Crippen molar-refractivity contribution in [2.24, 2.45) is 0 Å². The molecule has 94 valence electrons. The summed E-state index contributed by atoms with van der Waals surface area (Å²) in [5, 5.41) is 3.39. The number of nitrogens with one attached hydrogen (secondary N) is 1. The fourth-order valence-electron chi connectivity index (χ4n) is 2.13. The zero-order valence-electron chi connectivity index (χ0n) is 10.8. The zero-order chi connectivity index (χ0) is 12.8. The number of terminal acetylenes is 1. The molecule has 0 saturated heterocycles. The number of aromatic nitrogens is 2. The first-order valence-corrected chi connectivity index (χ1v) is 6.45. The highest BCUT2D eigenvalue weighted by atomic mass is 15.1. The van der Waals surface area contributed by atoms with Gasteiger partial charge in [-0.25, -0.2) is 4.98 Å². The molecule has 1 aromatic heterocycles. The molecule has 0 aliphatic rings. The van der Waals surface area contributed by atoms with Gasteiger partial charge in [0, 0.05) is 13.0 Å². The van der Waals surface area contributed by atoms with E-state index in [-0.39, 0.29) is 0 Å². The van der Waals surface area contributed by atoms with Crippen molar-refractivity contribution in [3.8, 4) is 12.3 Å². The van der Waals surface area contributed by atoms with Crippen molar-refractivity contribution in [1.82, 2.24) is 14.9 Å². The van der Waals surface area contributed by atoms with Crippen LogP contribution < -0.4 is 5.32 Å². The summed E-state index contributed by atoms with van der Waals surface area (Å²) in [6, 6.07) is 8.26. The van der Waals surface area contributed by atoms with Crippen LogP contribution in [-0.4, -0.2) is 16.1 Å². The number of fused-ring (bicyclic) bond motifs is 1. The largest absolute Gasteiger partial charge is 0.327 e. The Labute approximate surface area is 108 Å². The van der Waals surface area contributed by atoms with Crippen LogP contribution in [-0.2, 0) is 13.1 Å². The number of imidazole rings is 1. The first kappa shape index (κ1) is 12.7. The Bertz CT molecular complexity index is 548. The number of hydrogen-bond donors (Lipinski definition) is 1. The van der Waals surface area contributed by atoms with Crippen molar-refractivity contribution in [3.05, 3.63) is 30.1 Å². The van der Waals surface area contributed by atoms with E-state index in [1.165, 1.54) is 5.52 Å². The van der Waals surface area contributed by atoms with Gasteiger partial charge in [0.25, 0.3) is 0 Å². The Morgan fingerprint density at radius 3 is 3.00 bits per heavy atom. The summed E-state index contributed by atoms with van der Waals surface area (Å²) in [7, 11) is 0. The van der Waals surface area contributed by atoms with Crippen LogP contribution in [0.3, 0.4) is 0 Å². The van der Waals surface area contributed by atoms with Gasteiger partial charge in [-0.15, -0.1) is 12.3 Å². The molecule has 2 aromatic rings. The quantitative estimate of drug-likeness (QED) is 0.622. The van der Waals surface area contributed by atoms with Crippen LogP contribution >= 0.6 is 0 Å². The van der Waals surface area contributed by atoms with E-state index in [2.05, 4.69) is 45.9 Å². The molecule has 1 aromatic carbocycles. The number of aryl methyl sites for hydroxylation is 1. The Morgan fingerprint density at radius 1 is 1.39 bits per heavy atom. The van der Waals surface area contributed by atoms with Gasteiger partial charge in [-0.3, -0.25) is 0 Å². The average molecular weight is 241 g/mol. The van der Waals surface area contributed by atoms with E-state index in [4.69, 9.17) is 6.42 Å². The molecule has 0 fully saturated rings. The maximum Gasteiger partial charge on any atom is 0.123 e. The molecule has 3 nitrogen and oxygen atoms in total. The fourth-order valence-corrected chi connectivity index (χ4v) is 2.13. The normalized spacial score (nSPS) is 10.7. The van der Waals surface area contributed by atoms with E-state index < -0.39 is 0 Å². The van der Waals surface area contributed by atoms with Crippen LogP contribution in [0.2, 0.25) is 0 Å². The second-order valence-electron chi connectivity index (χ2n) is 4.25. The van der Waals surface area contributed by atoms with E-state index in [9.17, 15) is 0 Å². The third-order valence-electron chi connectivity index (χ3n) is 3.01. The summed E-state index contributed by atoms with van der Waals surface area (Å²) < 4.78 is 2.25. The number of hydrogen-bond acceptors (Lipinski definition) is 2. The molecule has 1 N–H and O–H groups in total. The number of para-hydroxylation sites is 2. The Balaban J connectivity index is 2.06. The topological polar surface area (TPSA) is 29.9 Å². The third-order valence-corrected chi connectivity index (χ3v) is 3.01. The minimum atomic E-state index is 0.799. The predicted molar refractivity (Wildman–Crippen MR) is 75.2 cm³/mol. The molecule has 3 heteroatoms. The molecule has 0 spiro atoms. The van der Waals surface area contributed by atoms with Crippen molar-refractivity contribution in [2.75, 3.05) is 6.54 Å². The van der Waals surface area contributed by atoms with Gasteiger partial charge in [0.2, 0.25) is 0 Å². The Hall–Kier alpha value is -1.79.